The van der Waals surface area contributed by atoms with Gasteiger partial charge in [-0.15, -0.1) is 0 Å². The number of anilines is 1. The summed E-state index contributed by atoms with van der Waals surface area (Å²) in [6, 6.07) is 16.5. The van der Waals surface area contributed by atoms with Gasteiger partial charge in [0.25, 0.3) is 0 Å². The Hall–Kier alpha value is -2.69. The summed E-state index contributed by atoms with van der Waals surface area (Å²) in [5.41, 5.74) is 3.57. The van der Waals surface area contributed by atoms with Gasteiger partial charge in [-0.2, -0.15) is 0 Å². The maximum Gasteiger partial charge on any atom is 0.317 e. The maximum absolute atomic E-state index is 12.5. The summed E-state index contributed by atoms with van der Waals surface area (Å²) in [6.45, 7) is 5.81. The van der Waals surface area contributed by atoms with Crippen LogP contribution in [0.15, 0.2) is 48.5 Å². The van der Waals surface area contributed by atoms with Crippen molar-refractivity contribution in [2.45, 2.75) is 19.9 Å². The predicted molar refractivity (Wildman–Crippen MR) is 105 cm³/mol. The molecule has 0 radical (unpaired) electrons. The zero-order chi connectivity index (χ0) is 18.4. The van der Waals surface area contributed by atoms with E-state index in [4.69, 9.17) is 4.74 Å². The van der Waals surface area contributed by atoms with Crippen LogP contribution >= 0.6 is 0 Å². The molecule has 2 amide bonds. The molecule has 2 aromatic carbocycles. The molecule has 0 atom stereocenters. The number of carbonyl (C=O) groups excluding carboxylic acids is 1. The number of aryl methyl sites for hydroxylation is 1. The van der Waals surface area contributed by atoms with Crippen molar-refractivity contribution in [2.24, 2.45) is 0 Å². The van der Waals surface area contributed by atoms with Crippen molar-refractivity contribution in [2.75, 3.05) is 38.2 Å². The fourth-order valence-corrected chi connectivity index (χ4v) is 3.24. The topological polar surface area (TPSA) is 44.8 Å². The van der Waals surface area contributed by atoms with Crippen LogP contribution in [0.5, 0.6) is 5.75 Å². The van der Waals surface area contributed by atoms with Crippen LogP contribution in [0.4, 0.5) is 10.5 Å². The first-order valence-electron chi connectivity index (χ1n) is 9.20. The van der Waals surface area contributed by atoms with Crippen molar-refractivity contribution >= 4 is 11.7 Å². The Labute approximate surface area is 155 Å². The predicted octanol–water partition coefficient (Wildman–Crippen LogP) is 3.29. The fourth-order valence-electron chi connectivity index (χ4n) is 3.24. The average molecular weight is 353 g/mol. The lowest BCUT2D eigenvalue weighted by Gasteiger charge is -2.36. The number of hydrogen-bond acceptors (Lipinski definition) is 3. The van der Waals surface area contributed by atoms with Crippen molar-refractivity contribution in [3.05, 3.63) is 59.7 Å². The van der Waals surface area contributed by atoms with Gasteiger partial charge in [0, 0.05) is 44.0 Å². The first-order chi connectivity index (χ1) is 12.7. The van der Waals surface area contributed by atoms with Gasteiger partial charge < -0.3 is 19.9 Å². The molecule has 0 saturated carbocycles. The minimum Gasteiger partial charge on any atom is -0.496 e. The smallest absolute Gasteiger partial charge is 0.317 e. The highest BCUT2D eigenvalue weighted by Crippen LogP contribution is 2.19. The largest absolute Gasteiger partial charge is 0.496 e. The van der Waals surface area contributed by atoms with E-state index in [0.717, 1.165) is 43.9 Å². The number of benzene rings is 2. The quantitative estimate of drug-likeness (QED) is 0.897. The molecule has 0 bridgehead atoms. The Bertz CT molecular complexity index is 722. The van der Waals surface area contributed by atoms with Crippen LogP contribution in [0.25, 0.3) is 0 Å². The summed E-state index contributed by atoms with van der Waals surface area (Å²) in [5, 5.41) is 3.00. The van der Waals surface area contributed by atoms with E-state index in [0.29, 0.717) is 6.54 Å². The van der Waals surface area contributed by atoms with Gasteiger partial charge in [-0.05, 0) is 30.2 Å². The third kappa shape index (κ3) is 4.28. The summed E-state index contributed by atoms with van der Waals surface area (Å²) in [7, 11) is 1.65. The van der Waals surface area contributed by atoms with Crippen LogP contribution in [-0.2, 0) is 13.0 Å². The van der Waals surface area contributed by atoms with E-state index < -0.39 is 0 Å². The van der Waals surface area contributed by atoms with Crippen LogP contribution in [0, 0.1) is 0 Å². The number of urea groups is 1. The normalized spacial score (nSPS) is 14.2. The minimum absolute atomic E-state index is 0.0168. The van der Waals surface area contributed by atoms with E-state index >= 15 is 0 Å². The van der Waals surface area contributed by atoms with Gasteiger partial charge in [0.1, 0.15) is 5.75 Å². The molecule has 138 valence electrons. The lowest BCUT2D eigenvalue weighted by molar-refractivity contribution is 0.194. The van der Waals surface area contributed by atoms with Crippen LogP contribution < -0.4 is 15.0 Å². The van der Waals surface area contributed by atoms with Gasteiger partial charge in [-0.25, -0.2) is 4.79 Å². The Morgan fingerprint density at radius 1 is 1.04 bits per heavy atom. The molecule has 0 aromatic heterocycles. The Balaban J connectivity index is 1.50. The van der Waals surface area contributed by atoms with Crippen molar-refractivity contribution < 1.29 is 9.53 Å². The summed E-state index contributed by atoms with van der Waals surface area (Å²) in [5.74, 6) is 0.799. The Kier molecular flexibility index (Phi) is 6.00. The molecule has 0 aliphatic carbocycles. The molecule has 0 spiro atoms. The van der Waals surface area contributed by atoms with Gasteiger partial charge in [-0.1, -0.05) is 37.3 Å². The number of hydrogen-bond donors (Lipinski definition) is 1. The molecule has 1 N–H and O–H groups in total. The molecule has 0 unspecified atom stereocenters. The second-order valence-electron chi connectivity index (χ2n) is 6.46. The van der Waals surface area contributed by atoms with E-state index in [1.165, 1.54) is 11.3 Å². The summed E-state index contributed by atoms with van der Waals surface area (Å²) in [6.07, 6.45) is 1.06. The molecule has 5 nitrogen and oxygen atoms in total. The van der Waals surface area contributed by atoms with Crippen molar-refractivity contribution in [1.82, 2.24) is 10.2 Å². The molecule has 26 heavy (non-hydrogen) atoms. The number of piperazine rings is 1. The van der Waals surface area contributed by atoms with Crippen molar-refractivity contribution in [1.29, 1.82) is 0 Å². The number of rotatable bonds is 5. The van der Waals surface area contributed by atoms with Gasteiger partial charge >= 0.3 is 6.03 Å². The number of amides is 2. The molecule has 5 heteroatoms. The van der Waals surface area contributed by atoms with Gasteiger partial charge in [0.15, 0.2) is 0 Å². The highest BCUT2D eigenvalue weighted by Gasteiger charge is 2.21. The second-order valence-corrected chi connectivity index (χ2v) is 6.46. The van der Waals surface area contributed by atoms with E-state index in [1.54, 1.807) is 7.11 Å². The Morgan fingerprint density at radius 3 is 2.38 bits per heavy atom. The molecule has 1 aliphatic rings. The first-order valence-corrected chi connectivity index (χ1v) is 9.20. The standard InChI is InChI=1S/C21H27N3O2/c1-3-17-8-10-19(11-9-17)23-12-14-24(15-13-23)21(25)22-16-18-6-4-5-7-20(18)26-2/h4-11H,3,12-16H2,1-2H3,(H,22,25). The van der Waals surface area contributed by atoms with E-state index in [1.807, 2.05) is 29.2 Å². The molecule has 1 heterocycles. The van der Waals surface area contributed by atoms with Crippen LogP contribution in [0.3, 0.4) is 0 Å². The summed E-state index contributed by atoms with van der Waals surface area (Å²) in [4.78, 5) is 16.7. The summed E-state index contributed by atoms with van der Waals surface area (Å²) >= 11 is 0. The van der Waals surface area contributed by atoms with E-state index in [-0.39, 0.29) is 6.03 Å². The third-order valence-electron chi connectivity index (χ3n) is 4.90. The number of nitrogens with zero attached hydrogens (tertiary/aromatic N) is 2. The molecular formula is C21H27N3O2. The van der Waals surface area contributed by atoms with Gasteiger partial charge in [-0.3, -0.25) is 0 Å². The fraction of sp³-hybridized carbons (Fsp3) is 0.381. The molecule has 1 fully saturated rings. The number of ether oxygens (including phenoxy) is 1. The van der Waals surface area contributed by atoms with Gasteiger partial charge in [0.2, 0.25) is 0 Å². The first kappa shape index (κ1) is 18.1. The molecule has 2 aromatic rings. The lowest BCUT2D eigenvalue weighted by atomic mass is 10.1. The number of carbonyl (C=O) groups is 1. The van der Waals surface area contributed by atoms with Crippen LogP contribution in [0.1, 0.15) is 18.1 Å². The van der Waals surface area contributed by atoms with Crippen LogP contribution in [-0.4, -0.2) is 44.2 Å². The third-order valence-corrected chi connectivity index (χ3v) is 4.90. The highest BCUT2D eigenvalue weighted by molar-refractivity contribution is 5.74. The molecule has 1 saturated heterocycles. The second kappa shape index (κ2) is 8.61. The average Bonchev–Trinajstić information content (AvgIpc) is 2.72. The number of methoxy groups -OCH3 is 1. The van der Waals surface area contributed by atoms with Crippen LogP contribution in [0.2, 0.25) is 0 Å². The minimum atomic E-state index is -0.0168. The lowest BCUT2D eigenvalue weighted by Crippen LogP contribution is -2.51. The highest BCUT2D eigenvalue weighted by atomic mass is 16.5. The Morgan fingerprint density at radius 2 is 1.73 bits per heavy atom. The van der Waals surface area contributed by atoms with Gasteiger partial charge in [0.05, 0.1) is 7.11 Å². The van der Waals surface area contributed by atoms with E-state index in [9.17, 15) is 4.79 Å². The summed E-state index contributed by atoms with van der Waals surface area (Å²) < 4.78 is 5.33. The maximum atomic E-state index is 12.5. The zero-order valence-electron chi connectivity index (χ0n) is 15.6. The monoisotopic (exact) mass is 353 g/mol. The molecule has 3 rings (SSSR count). The van der Waals surface area contributed by atoms with Crippen molar-refractivity contribution in [3.63, 3.8) is 0 Å². The molecular weight excluding hydrogens is 326 g/mol. The number of para-hydroxylation sites is 1. The molecule has 1 aliphatic heterocycles. The zero-order valence-corrected chi connectivity index (χ0v) is 15.6. The van der Waals surface area contributed by atoms with Crippen molar-refractivity contribution in [3.8, 4) is 5.75 Å². The number of nitrogens with one attached hydrogen (secondary N) is 1. The SMILES string of the molecule is CCc1ccc(N2CCN(C(=O)NCc3ccccc3OC)CC2)cc1. The van der Waals surface area contributed by atoms with E-state index in [2.05, 4.69) is 41.4 Å².